The second kappa shape index (κ2) is 11.5. The molecule has 0 bridgehead atoms. The van der Waals surface area contributed by atoms with Gasteiger partial charge in [0.15, 0.2) is 11.5 Å². The highest BCUT2D eigenvalue weighted by Gasteiger charge is 2.13. The van der Waals surface area contributed by atoms with Crippen molar-refractivity contribution in [2.45, 2.75) is 31.4 Å². The van der Waals surface area contributed by atoms with Crippen LogP contribution in [-0.2, 0) is 29.6 Å². The Kier molecular flexibility index (Phi) is 8.69. The molecule has 0 atom stereocenters. The van der Waals surface area contributed by atoms with Gasteiger partial charge < -0.3 is 14.8 Å². The molecule has 0 radical (unpaired) electrons. The summed E-state index contributed by atoms with van der Waals surface area (Å²) in [6.07, 6.45) is 0.767. The third-order valence-electron chi connectivity index (χ3n) is 4.77. The van der Waals surface area contributed by atoms with E-state index in [9.17, 15) is 8.42 Å². The fourth-order valence-corrected chi connectivity index (χ4v) is 4.29. The predicted octanol–water partition coefficient (Wildman–Crippen LogP) is 4.41. The molecular formula is C24H27BrN2O4S. The minimum absolute atomic E-state index is 0.122. The van der Waals surface area contributed by atoms with Crippen LogP contribution in [0, 0.1) is 0 Å². The molecule has 3 N–H and O–H groups in total. The van der Waals surface area contributed by atoms with Crippen molar-refractivity contribution in [3.63, 3.8) is 0 Å². The van der Waals surface area contributed by atoms with Crippen molar-refractivity contribution in [1.82, 2.24) is 5.32 Å². The standard InChI is InChI=1S/C24H27BrN2O4S/c1-2-30-23-15-20(14-22(25)24(23)31-17-19-6-4-3-5-7-19)16-27-13-12-18-8-10-21(11-9-18)32(26,28)29/h3-11,14-15,27H,2,12-13,16-17H2,1H3,(H2,26,28,29). The minimum Gasteiger partial charge on any atom is -0.490 e. The quantitative estimate of drug-likeness (QED) is 0.367. The molecule has 6 nitrogen and oxygen atoms in total. The van der Waals surface area contributed by atoms with Gasteiger partial charge in [-0.3, -0.25) is 0 Å². The summed E-state index contributed by atoms with van der Waals surface area (Å²) in [4.78, 5) is 0.122. The molecule has 0 aliphatic carbocycles. The van der Waals surface area contributed by atoms with Gasteiger partial charge in [0.1, 0.15) is 6.61 Å². The van der Waals surface area contributed by atoms with E-state index in [1.807, 2.05) is 49.4 Å². The molecule has 3 rings (SSSR count). The van der Waals surface area contributed by atoms with Gasteiger partial charge in [0, 0.05) is 6.54 Å². The Bertz CT molecular complexity index is 1120. The summed E-state index contributed by atoms with van der Waals surface area (Å²) in [7, 11) is -3.66. The minimum atomic E-state index is -3.66. The maximum atomic E-state index is 11.3. The number of hydrogen-bond donors (Lipinski definition) is 2. The van der Waals surface area contributed by atoms with Crippen LogP contribution >= 0.6 is 15.9 Å². The highest BCUT2D eigenvalue weighted by atomic mass is 79.9. The van der Waals surface area contributed by atoms with Crippen LogP contribution in [0.3, 0.4) is 0 Å². The van der Waals surface area contributed by atoms with Crippen LogP contribution in [0.25, 0.3) is 0 Å². The van der Waals surface area contributed by atoms with Crippen molar-refractivity contribution in [2.75, 3.05) is 13.2 Å². The smallest absolute Gasteiger partial charge is 0.238 e. The largest absolute Gasteiger partial charge is 0.490 e. The van der Waals surface area contributed by atoms with Crippen molar-refractivity contribution < 1.29 is 17.9 Å². The Morgan fingerprint density at radius 3 is 2.31 bits per heavy atom. The zero-order valence-electron chi connectivity index (χ0n) is 17.9. The molecule has 8 heteroatoms. The maximum absolute atomic E-state index is 11.3. The van der Waals surface area contributed by atoms with Gasteiger partial charge in [0.2, 0.25) is 10.0 Å². The number of halogens is 1. The summed E-state index contributed by atoms with van der Waals surface area (Å²) < 4.78 is 35.4. The maximum Gasteiger partial charge on any atom is 0.238 e. The molecule has 0 spiro atoms. The SMILES string of the molecule is CCOc1cc(CNCCc2ccc(S(N)(=O)=O)cc2)cc(Br)c1OCc1ccccc1. The van der Waals surface area contributed by atoms with Gasteiger partial charge in [0.05, 0.1) is 16.0 Å². The molecule has 0 aromatic heterocycles. The Hall–Kier alpha value is -2.39. The molecule has 3 aromatic carbocycles. The molecule has 0 saturated heterocycles. The Balaban J connectivity index is 1.58. The third-order valence-corrected chi connectivity index (χ3v) is 6.28. The van der Waals surface area contributed by atoms with E-state index < -0.39 is 10.0 Å². The van der Waals surface area contributed by atoms with Crippen LogP contribution in [0.5, 0.6) is 11.5 Å². The molecule has 0 aliphatic rings. The molecule has 0 unspecified atom stereocenters. The fraction of sp³-hybridized carbons (Fsp3) is 0.250. The van der Waals surface area contributed by atoms with E-state index in [0.717, 1.165) is 34.1 Å². The number of hydrogen-bond acceptors (Lipinski definition) is 5. The van der Waals surface area contributed by atoms with Crippen LogP contribution in [0.4, 0.5) is 0 Å². The first-order valence-corrected chi connectivity index (χ1v) is 12.6. The van der Waals surface area contributed by atoms with Gasteiger partial charge in [0.25, 0.3) is 0 Å². The molecule has 0 heterocycles. The molecule has 170 valence electrons. The van der Waals surface area contributed by atoms with Crippen molar-refractivity contribution in [3.05, 3.63) is 87.9 Å². The van der Waals surface area contributed by atoms with Gasteiger partial charge in [-0.05, 0) is 76.8 Å². The third kappa shape index (κ3) is 7.06. The monoisotopic (exact) mass is 518 g/mol. The van der Waals surface area contributed by atoms with E-state index in [0.29, 0.717) is 31.3 Å². The molecule has 3 aromatic rings. The lowest BCUT2D eigenvalue weighted by Crippen LogP contribution is -2.17. The zero-order chi connectivity index (χ0) is 23.0. The Labute approximate surface area is 197 Å². The van der Waals surface area contributed by atoms with Crippen LogP contribution in [0.15, 0.2) is 76.1 Å². The summed E-state index contributed by atoms with van der Waals surface area (Å²) in [6, 6.07) is 20.6. The second-order valence-electron chi connectivity index (χ2n) is 7.23. The van der Waals surface area contributed by atoms with E-state index >= 15 is 0 Å². The number of primary sulfonamides is 1. The molecule has 0 aliphatic heterocycles. The topological polar surface area (TPSA) is 90.6 Å². The number of ether oxygens (including phenoxy) is 2. The normalized spacial score (nSPS) is 11.3. The van der Waals surface area contributed by atoms with Crippen LogP contribution in [0.1, 0.15) is 23.6 Å². The van der Waals surface area contributed by atoms with E-state index in [1.165, 1.54) is 12.1 Å². The van der Waals surface area contributed by atoms with Crippen molar-refractivity contribution in [1.29, 1.82) is 0 Å². The van der Waals surface area contributed by atoms with E-state index in [1.54, 1.807) is 12.1 Å². The average molecular weight is 519 g/mol. The number of sulfonamides is 1. The molecule has 0 amide bonds. The predicted molar refractivity (Wildman–Crippen MR) is 129 cm³/mol. The van der Waals surface area contributed by atoms with Crippen molar-refractivity contribution in [2.24, 2.45) is 5.14 Å². The molecular weight excluding hydrogens is 492 g/mol. The lowest BCUT2D eigenvalue weighted by atomic mass is 10.1. The molecule has 0 fully saturated rings. The zero-order valence-corrected chi connectivity index (χ0v) is 20.3. The van der Waals surface area contributed by atoms with Gasteiger partial charge in [-0.15, -0.1) is 0 Å². The van der Waals surface area contributed by atoms with Crippen LogP contribution < -0.4 is 19.9 Å². The van der Waals surface area contributed by atoms with Gasteiger partial charge in [-0.25, -0.2) is 13.6 Å². The number of nitrogens with two attached hydrogens (primary N) is 1. The number of nitrogens with one attached hydrogen (secondary N) is 1. The average Bonchev–Trinajstić information content (AvgIpc) is 2.77. The second-order valence-corrected chi connectivity index (χ2v) is 9.64. The summed E-state index contributed by atoms with van der Waals surface area (Å²) in [5.41, 5.74) is 3.19. The highest BCUT2D eigenvalue weighted by Crippen LogP contribution is 2.37. The first kappa shape index (κ1) is 24.3. The molecule has 32 heavy (non-hydrogen) atoms. The van der Waals surface area contributed by atoms with Gasteiger partial charge in [-0.1, -0.05) is 42.5 Å². The summed E-state index contributed by atoms with van der Waals surface area (Å²) >= 11 is 3.62. The van der Waals surface area contributed by atoms with Crippen molar-refractivity contribution in [3.8, 4) is 11.5 Å². The lowest BCUT2D eigenvalue weighted by Gasteiger charge is -2.16. The van der Waals surface area contributed by atoms with E-state index in [4.69, 9.17) is 14.6 Å². The van der Waals surface area contributed by atoms with Crippen LogP contribution in [0.2, 0.25) is 0 Å². The first-order chi connectivity index (χ1) is 15.4. The van der Waals surface area contributed by atoms with Gasteiger partial charge >= 0.3 is 0 Å². The lowest BCUT2D eigenvalue weighted by molar-refractivity contribution is 0.267. The van der Waals surface area contributed by atoms with Gasteiger partial charge in [-0.2, -0.15) is 0 Å². The number of benzene rings is 3. The van der Waals surface area contributed by atoms with E-state index in [2.05, 4.69) is 21.2 Å². The first-order valence-electron chi connectivity index (χ1n) is 10.3. The summed E-state index contributed by atoms with van der Waals surface area (Å²) in [5.74, 6) is 1.39. The number of rotatable bonds is 11. The Morgan fingerprint density at radius 1 is 0.938 bits per heavy atom. The summed E-state index contributed by atoms with van der Waals surface area (Å²) in [6.45, 7) is 4.34. The van der Waals surface area contributed by atoms with E-state index in [-0.39, 0.29) is 4.90 Å². The Morgan fingerprint density at radius 2 is 1.66 bits per heavy atom. The van der Waals surface area contributed by atoms with Crippen LogP contribution in [-0.4, -0.2) is 21.6 Å². The highest BCUT2D eigenvalue weighted by molar-refractivity contribution is 9.10. The van der Waals surface area contributed by atoms with Crippen molar-refractivity contribution >= 4 is 26.0 Å². The summed E-state index contributed by atoms with van der Waals surface area (Å²) in [5, 5.41) is 8.54. The fourth-order valence-electron chi connectivity index (χ4n) is 3.17. The molecule has 0 saturated carbocycles.